The second-order valence-corrected chi connectivity index (χ2v) is 13.3. The molecule has 9 aromatic rings. The van der Waals surface area contributed by atoms with E-state index in [1.54, 1.807) is 0 Å². The fraction of sp³-hybridized carbons (Fsp3) is 0.0667. The number of nitrogens with one attached hydrogen (secondary N) is 1. The standard InChI is InChI=1S/C45H31N5O/c1-2-17-37-34(14-1)41-38(49(37)30-12-7-10-28(26-30)35-15-3-5-23-46-35)21-19-32-33-20-22-39-42(45(33)51-44(32)41)43-40(18-9-25-48-43)50(39)31-13-8-11-29(27-31)36-16-4-6-24-47-36/h2-13,15-24,26-27,48H,1,14,25H2. The van der Waals surface area contributed by atoms with E-state index in [-0.39, 0.29) is 0 Å². The second kappa shape index (κ2) is 10.9. The van der Waals surface area contributed by atoms with E-state index in [0.29, 0.717) is 0 Å². The van der Waals surface area contributed by atoms with Crippen LogP contribution in [0, 0.1) is 0 Å². The molecule has 6 nitrogen and oxygen atoms in total. The number of aryl methyl sites for hydroxylation is 1. The van der Waals surface area contributed by atoms with E-state index in [4.69, 9.17) is 4.42 Å². The average Bonchev–Trinajstić information content (AvgIpc) is 3.86. The summed E-state index contributed by atoms with van der Waals surface area (Å²) in [6, 6.07) is 38.5. The van der Waals surface area contributed by atoms with E-state index >= 15 is 0 Å². The second-order valence-electron chi connectivity index (χ2n) is 13.3. The van der Waals surface area contributed by atoms with Gasteiger partial charge in [-0.25, -0.2) is 0 Å². The number of aromatic nitrogens is 4. The molecule has 4 aromatic carbocycles. The number of allylic oxidation sites excluding steroid dienone is 1. The topological polar surface area (TPSA) is 60.8 Å². The predicted octanol–water partition coefficient (Wildman–Crippen LogP) is 11.0. The van der Waals surface area contributed by atoms with Crippen LogP contribution >= 0.6 is 0 Å². The first-order valence-electron chi connectivity index (χ1n) is 17.5. The molecule has 0 saturated carbocycles. The van der Waals surface area contributed by atoms with Gasteiger partial charge >= 0.3 is 0 Å². The van der Waals surface area contributed by atoms with Crippen molar-refractivity contribution < 1.29 is 4.42 Å². The lowest BCUT2D eigenvalue weighted by molar-refractivity contribution is 0.676. The highest BCUT2D eigenvalue weighted by Crippen LogP contribution is 2.46. The molecule has 0 spiro atoms. The summed E-state index contributed by atoms with van der Waals surface area (Å²) in [6.45, 7) is 0.765. The van der Waals surface area contributed by atoms with Gasteiger partial charge in [0.1, 0.15) is 11.2 Å². The average molecular weight is 658 g/mol. The van der Waals surface area contributed by atoms with Gasteiger partial charge in [0.15, 0.2) is 0 Å². The quantitative estimate of drug-likeness (QED) is 0.205. The summed E-state index contributed by atoms with van der Waals surface area (Å²) in [5, 5.41) is 8.28. The van der Waals surface area contributed by atoms with Gasteiger partial charge in [-0.1, -0.05) is 48.6 Å². The van der Waals surface area contributed by atoms with Crippen LogP contribution in [-0.2, 0) is 6.42 Å². The summed E-state index contributed by atoms with van der Waals surface area (Å²) in [7, 11) is 0. The molecular weight excluding hydrogens is 627 g/mol. The summed E-state index contributed by atoms with van der Waals surface area (Å²) in [5.74, 6) is 0. The number of furan rings is 1. The van der Waals surface area contributed by atoms with E-state index in [1.165, 1.54) is 16.6 Å². The van der Waals surface area contributed by atoms with Crippen LogP contribution in [0.25, 0.3) is 89.8 Å². The molecule has 6 heteroatoms. The SMILES string of the molecule is C1=Cc2c(c3c4oc5c(ccc6c5c5c(n6-c6cccc(-c7ccccn7)c6)C=CCN5)c4ccc3n2-c2cccc(-c3ccccn3)c2)CC1. The third kappa shape index (κ3) is 4.17. The van der Waals surface area contributed by atoms with Gasteiger partial charge in [0.25, 0.3) is 0 Å². The molecule has 51 heavy (non-hydrogen) atoms. The maximum Gasteiger partial charge on any atom is 0.146 e. The largest absolute Gasteiger partial charge is 0.455 e. The Morgan fingerprint density at radius 2 is 1.22 bits per heavy atom. The van der Waals surface area contributed by atoms with Gasteiger partial charge in [-0.2, -0.15) is 0 Å². The van der Waals surface area contributed by atoms with Gasteiger partial charge in [-0.3, -0.25) is 9.97 Å². The minimum absolute atomic E-state index is 0.765. The van der Waals surface area contributed by atoms with Crippen LogP contribution in [-0.4, -0.2) is 25.6 Å². The fourth-order valence-electron chi connectivity index (χ4n) is 8.30. The van der Waals surface area contributed by atoms with Crippen molar-refractivity contribution in [2.45, 2.75) is 12.8 Å². The molecule has 0 unspecified atom stereocenters. The molecule has 5 aromatic heterocycles. The molecule has 6 heterocycles. The van der Waals surface area contributed by atoms with Crippen LogP contribution in [0.5, 0.6) is 0 Å². The summed E-state index contributed by atoms with van der Waals surface area (Å²) >= 11 is 0. The van der Waals surface area contributed by atoms with Crippen molar-refractivity contribution in [2.24, 2.45) is 0 Å². The number of pyridine rings is 2. The third-order valence-electron chi connectivity index (χ3n) is 10.5. The van der Waals surface area contributed by atoms with Gasteiger partial charge < -0.3 is 18.9 Å². The zero-order valence-electron chi connectivity index (χ0n) is 27.7. The minimum atomic E-state index is 0.765. The molecule has 11 rings (SSSR count). The van der Waals surface area contributed by atoms with E-state index in [2.05, 4.69) is 134 Å². The highest BCUT2D eigenvalue weighted by Gasteiger charge is 2.27. The van der Waals surface area contributed by atoms with Crippen molar-refractivity contribution in [3.8, 4) is 33.9 Å². The summed E-state index contributed by atoms with van der Waals surface area (Å²) < 4.78 is 11.9. The summed E-state index contributed by atoms with van der Waals surface area (Å²) in [5.41, 5.74) is 15.2. The number of hydrogen-bond donors (Lipinski definition) is 1. The Hall–Kier alpha value is -6.66. The molecule has 0 radical (unpaired) electrons. The highest BCUT2D eigenvalue weighted by molar-refractivity contribution is 6.24. The zero-order valence-corrected chi connectivity index (χ0v) is 27.7. The molecule has 0 bridgehead atoms. The Morgan fingerprint density at radius 1 is 0.588 bits per heavy atom. The van der Waals surface area contributed by atoms with E-state index in [1.807, 2.05) is 36.7 Å². The van der Waals surface area contributed by atoms with Gasteiger partial charge in [0.2, 0.25) is 0 Å². The van der Waals surface area contributed by atoms with Gasteiger partial charge in [0, 0.05) is 63.3 Å². The molecule has 0 atom stereocenters. The predicted molar refractivity (Wildman–Crippen MR) is 209 cm³/mol. The van der Waals surface area contributed by atoms with Crippen molar-refractivity contribution >= 4 is 61.6 Å². The van der Waals surface area contributed by atoms with Gasteiger partial charge in [0.05, 0.1) is 39.2 Å². The Labute approximate surface area is 293 Å². The van der Waals surface area contributed by atoms with Crippen LogP contribution in [0.1, 0.15) is 23.4 Å². The minimum Gasteiger partial charge on any atom is -0.455 e. The van der Waals surface area contributed by atoms with Crippen molar-refractivity contribution in [3.05, 3.63) is 151 Å². The fourth-order valence-corrected chi connectivity index (χ4v) is 8.30. The monoisotopic (exact) mass is 657 g/mol. The van der Waals surface area contributed by atoms with Crippen LogP contribution in [0.15, 0.2) is 138 Å². The van der Waals surface area contributed by atoms with Crippen LogP contribution in [0.2, 0.25) is 0 Å². The molecule has 242 valence electrons. The highest BCUT2D eigenvalue weighted by atomic mass is 16.3. The molecule has 0 saturated heterocycles. The van der Waals surface area contributed by atoms with Crippen molar-refractivity contribution in [2.75, 3.05) is 11.9 Å². The number of anilines is 1. The first kappa shape index (κ1) is 28.2. The molecule has 1 aliphatic heterocycles. The normalized spacial score (nSPS) is 13.6. The maximum absolute atomic E-state index is 7.16. The number of rotatable bonds is 4. The Morgan fingerprint density at radius 3 is 1.88 bits per heavy atom. The molecule has 1 aliphatic carbocycles. The first-order valence-corrected chi connectivity index (χ1v) is 17.5. The molecule has 1 N–H and O–H groups in total. The Balaban J connectivity index is 1.16. The molecule has 0 fully saturated rings. The third-order valence-corrected chi connectivity index (χ3v) is 10.5. The number of nitrogens with zero attached hydrogens (tertiary/aromatic N) is 4. The van der Waals surface area contributed by atoms with Crippen LogP contribution in [0.4, 0.5) is 5.69 Å². The maximum atomic E-state index is 7.16. The smallest absolute Gasteiger partial charge is 0.146 e. The first-order chi connectivity index (χ1) is 25.3. The molecule has 0 amide bonds. The van der Waals surface area contributed by atoms with Crippen molar-refractivity contribution in [1.82, 2.24) is 19.1 Å². The number of fused-ring (bicyclic) bond motifs is 11. The van der Waals surface area contributed by atoms with E-state index < -0.39 is 0 Å². The van der Waals surface area contributed by atoms with Crippen LogP contribution < -0.4 is 5.32 Å². The summed E-state index contributed by atoms with van der Waals surface area (Å²) in [6.07, 6.45) is 14.7. The Kier molecular flexibility index (Phi) is 6.04. The van der Waals surface area contributed by atoms with E-state index in [0.717, 1.165) is 103 Å². The zero-order chi connectivity index (χ0) is 33.5. The molecular formula is C45H31N5O. The number of benzene rings is 4. The van der Waals surface area contributed by atoms with Crippen molar-refractivity contribution in [3.63, 3.8) is 0 Å². The van der Waals surface area contributed by atoms with Gasteiger partial charge in [-0.05, 0) is 103 Å². The lowest BCUT2D eigenvalue weighted by atomic mass is 9.99. The lowest BCUT2D eigenvalue weighted by Crippen LogP contribution is -2.06. The van der Waals surface area contributed by atoms with Gasteiger partial charge in [-0.15, -0.1) is 0 Å². The lowest BCUT2D eigenvalue weighted by Gasteiger charge is -2.14. The Bertz CT molecular complexity index is 2710. The molecule has 2 aliphatic rings. The number of hydrogen-bond acceptors (Lipinski definition) is 4. The van der Waals surface area contributed by atoms with Crippen molar-refractivity contribution in [1.29, 1.82) is 0 Å². The van der Waals surface area contributed by atoms with E-state index in [9.17, 15) is 0 Å². The summed E-state index contributed by atoms with van der Waals surface area (Å²) in [4.78, 5) is 9.25. The van der Waals surface area contributed by atoms with Crippen LogP contribution in [0.3, 0.4) is 0 Å².